The van der Waals surface area contributed by atoms with Crippen LogP contribution < -0.4 is 5.32 Å². The molecule has 2 unspecified atom stereocenters. The van der Waals surface area contributed by atoms with Crippen LogP contribution >= 0.6 is 0 Å². The first-order chi connectivity index (χ1) is 7.30. The zero-order chi connectivity index (χ0) is 11.1. The van der Waals surface area contributed by atoms with Crippen LogP contribution in [0.1, 0.15) is 45.4 Å². The molecule has 0 amide bonds. The third-order valence-electron chi connectivity index (χ3n) is 3.58. The van der Waals surface area contributed by atoms with Crippen LogP contribution in [0.25, 0.3) is 0 Å². The highest BCUT2D eigenvalue weighted by atomic mass is 16.3. The fourth-order valence-electron chi connectivity index (χ4n) is 2.45. The average molecular weight is 215 g/mol. The van der Waals surface area contributed by atoms with Gasteiger partial charge in [-0.3, -0.25) is 0 Å². The Balaban J connectivity index is 2.30. The SMILES string of the molecule is CCC1CCCC(NC(CO)CO)CC1. The van der Waals surface area contributed by atoms with E-state index >= 15 is 0 Å². The van der Waals surface area contributed by atoms with E-state index in [-0.39, 0.29) is 19.3 Å². The van der Waals surface area contributed by atoms with Crippen LogP contribution in [0.3, 0.4) is 0 Å². The lowest BCUT2D eigenvalue weighted by atomic mass is 9.98. The lowest BCUT2D eigenvalue weighted by Crippen LogP contribution is -2.42. The Hall–Kier alpha value is -0.120. The van der Waals surface area contributed by atoms with Crippen LogP contribution in [0.5, 0.6) is 0 Å². The van der Waals surface area contributed by atoms with E-state index in [1.165, 1.54) is 38.5 Å². The second-order valence-corrected chi connectivity index (χ2v) is 4.71. The van der Waals surface area contributed by atoms with E-state index in [9.17, 15) is 0 Å². The van der Waals surface area contributed by atoms with E-state index in [4.69, 9.17) is 10.2 Å². The molecule has 3 heteroatoms. The van der Waals surface area contributed by atoms with Gasteiger partial charge in [-0.1, -0.05) is 26.2 Å². The monoisotopic (exact) mass is 215 g/mol. The number of nitrogens with one attached hydrogen (secondary N) is 1. The van der Waals surface area contributed by atoms with E-state index in [0.29, 0.717) is 6.04 Å². The summed E-state index contributed by atoms with van der Waals surface area (Å²) in [5, 5.41) is 21.3. The molecule has 15 heavy (non-hydrogen) atoms. The van der Waals surface area contributed by atoms with Crippen LogP contribution in [-0.2, 0) is 0 Å². The molecule has 90 valence electrons. The molecular weight excluding hydrogens is 190 g/mol. The molecule has 2 atom stereocenters. The molecule has 0 spiro atoms. The van der Waals surface area contributed by atoms with Crippen LogP contribution in [0.2, 0.25) is 0 Å². The maximum atomic E-state index is 9.00. The van der Waals surface area contributed by atoms with Gasteiger partial charge < -0.3 is 15.5 Å². The minimum atomic E-state index is -0.131. The van der Waals surface area contributed by atoms with E-state index < -0.39 is 0 Å². The summed E-state index contributed by atoms with van der Waals surface area (Å²) in [6.07, 6.45) is 7.58. The zero-order valence-electron chi connectivity index (χ0n) is 9.78. The minimum absolute atomic E-state index is 0.0320. The van der Waals surface area contributed by atoms with Gasteiger partial charge >= 0.3 is 0 Å². The number of rotatable bonds is 5. The van der Waals surface area contributed by atoms with E-state index in [1.807, 2.05) is 0 Å². The molecule has 3 nitrogen and oxygen atoms in total. The Kier molecular flexibility index (Phi) is 6.22. The third kappa shape index (κ3) is 4.49. The molecule has 1 fully saturated rings. The fourth-order valence-corrected chi connectivity index (χ4v) is 2.45. The molecular formula is C12H25NO2. The van der Waals surface area contributed by atoms with Gasteiger partial charge in [-0.25, -0.2) is 0 Å². The standard InChI is InChI=1S/C12H25NO2/c1-2-10-4-3-5-11(7-6-10)13-12(8-14)9-15/h10-15H,2-9H2,1H3. The zero-order valence-corrected chi connectivity index (χ0v) is 9.78. The van der Waals surface area contributed by atoms with Gasteiger partial charge in [0.25, 0.3) is 0 Å². The molecule has 0 saturated heterocycles. The van der Waals surface area contributed by atoms with Gasteiger partial charge in [-0.15, -0.1) is 0 Å². The highest BCUT2D eigenvalue weighted by Crippen LogP contribution is 2.25. The van der Waals surface area contributed by atoms with Crippen LogP contribution in [0.4, 0.5) is 0 Å². The number of hydrogen-bond donors (Lipinski definition) is 3. The summed E-state index contributed by atoms with van der Waals surface area (Å²) in [7, 11) is 0. The van der Waals surface area contributed by atoms with Crippen molar-refractivity contribution in [1.82, 2.24) is 5.32 Å². The normalized spacial score (nSPS) is 28.0. The third-order valence-corrected chi connectivity index (χ3v) is 3.58. The van der Waals surface area contributed by atoms with Crippen molar-refractivity contribution in [2.75, 3.05) is 13.2 Å². The van der Waals surface area contributed by atoms with Crippen molar-refractivity contribution in [3.05, 3.63) is 0 Å². The lowest BCUT2D eigenvalue weighted by molar-refractivity contribution is 0.159. The van der Waals surface area contributed by atoms with Crippen molar-refractivity contribution in [2.45, 2.75) is 57.5 Å². The summed E-state index contributed by atoms with van der Waals surface area (Å²) in [4.78, 5) is 0. The second-order valence-electron chi connectivity index (χ2n) is 4.71. The maximum absolute atomic E-state index is 9.00. The van der Waals surface area contributed by atoms with Crippen LogP contribution in [0, 0.1) is 5.92 Å². The molecule has 3 N–H and O–H groups in total. The van der Waals surface area contributed by atoms with E-state index in [1.54, 1.807) is 0 Å². The Labute approximate surface area is 92.9 Å². The van der Waals surface area contributed by atoms with Gasteiger partial charge in [0.05, 0.1) is 19.3 Å². The fraction of sp³-hybridized carbons (Fsp3) is 1.00. The highest BCUT2D eigenvalue weighted by molar-refractivity contribution is 4.77. The van der Waals surface area contributed by atoms with Crippen LogP contribution in [-0.4, -0.2) is 35.5 Å². The smallest absolute Gasteiger partial charge is 0.0607 e. The molecule has 0 aromatic carbocycles. The summed E-state index contributed by atoms with van der Waals surface area (Å²) in [6.45, 7) is 2.33. The van der Waals surface area contributed by atoms with E-state index in [0.717, 1.165) is 5.92 Å². The van der Waals surface area contributed by atoms with Crippen molar-refractivity contribution >= 4 is 0 Å². The summed E-state index contributed by atoms with van der Waals surface area (Å²) in [5.74, 6) is 0.888. The van der Waals surface area contributed by atoms with Crippen molar-refractivity contribution in [1.29, 1.82) is 0 Å². The molecule has 1 rings (SSSR count). The lowest BCUT2D eigenvalue weighted by Gasteiger charge is -2.22. The summed E-state index contributed by atoms with van der Waals surface area (Å²) >= 11 is 0. The van der Waals surface area contributed by atoms with E-state index in [2.05, 4.69) is 12.2 Å². The summed E-state index contributed by atoms with van der Waals surface area (Å²) in [5.41, 5.74) is 0. The molecule has 0 aromatic rings. The topological polar surface area (TPSA) is 52.5 Å². The number of aliphatic hydroxyl groups is 2. The molecule has 0 radical (unpaired) electrons. The second kappa shape index (κ2) is 7.20. The summed E-state index contributed by atoms with van der Waals surface area (Å²) < 4.78 is 0. The highest BCUT2D eigenvalue weighted by Gasteiger charge is 2.19. The Bertz CT molecular complexity index is 160. The van der Waals surface area contributed by atoms with Crippen molar-refractivity contribution in [3.63, 3.8) is 0 Å². The molecule has 0 heterocycles. The summed E-state index contributed by atoms with van der Waals surface area (Å²) in [6, 6.07) is 0.360. The maximum Gasteiger partial charge on any atom is 0.0607 e. The number of hydrogen-bond acceptors (Lipinski definition) is 3. The molecule has 0 bridgehead atoms. The van der Waals surface area contributed by atoms with Crippen molar-refractivity contribution in [2.24, 2.45) is 5.92 Å². The van der Waals surface area contributed by atoms with Crippen molar-refractivity contribution < 1.29 is 10.2 Å². The minimum Gasteiger partial charge on any atom is -0.395 e. The molecule has 0 aliphatic heterocycles. The molecule has 0 aromatic heterocycles. The van der Waals surface area contributed by atoms with Gasteiger partial charge in [-0.05, 0) is 25.2 Å². The first-order valence-corrected chi connectivity index (χ1v) is 6.27. The first kappa shape index (κ1) is 12.9. The quantitative estimate of drug-likeness (QED) is 0.606. The Morgan fingerprint density at radius 2 is 1.87 bits per heavy atom. The predicted octanol–water partition coefficient (Wildman–Crippen LogP) is 1.29. The van der Waals surface area contributed by atoms with Gasteiger partial charge in [0.1, 0.15) is 0 Å². The predicted molar refractivity (Wildman–Crippen MR) is 61.7 cm³/mol. The Morgan fingerprint density at radius 3 is 2.47 bits per heavy atom. The van der Waals surface area contributed by atoms with Crippen molar-refractivity contribution in [3.8, 4) is 0 Å². The molecule has 1 aliphatic rings. The van der Waals surface area contributed by atoms with Crippen LogP contribution in [0.15, 0.2) is 0 Å². The van der Waals surface area contributed by atoms with Gasteiger partial charge in [0, 0.05) is 6.04 Å². The number of aliphatic hydroxyl groups excluding tert-OH is 2. The Morgan fingerprint density at radius 1 is 1.13 bits per heavy atom. The molecule has 1 aliphatic carbocycles. The molecule has 1 saturated carbocycles. The average Bonchev–Trinajstić information content (AvgIpc) is 2.50. The van der Waals surface area contributed by atoms with Gasteiger partial charge in [0.2, 0.25) is 0 Å². The van der Waals surface area contributed by atoms with Gasteiger partial charge in [0.15, 0.2) is 0 Å². The largest absolute Gasteiger partial charge is 0.395 e. The van der Waals surface area contributed by atoms with Gasteiger partial charge in [-0.2, -0.15) is 0 Å². The first-order valence-electron chi connectivity index (χ1n) is 6.27.